The van der Waals surface area contributed by atoms with Crippen LogP contribution in [-0.2, 0) is 4.79 Å². The molecule has 0 heterocycles. The number of ether oxygens (including phenoxy) is 1. The standard InChI is InChI=1S/C19H20N2O3/c1-14(24-17-9-5-6-15(12-17)13-20)19(23)21-11-10-18(22)16-7-3-2-4-8-16/h2-9,12,14,18,22H,10-11H2,1H3,(H,21,23). The first-order chi connectivity index (χ1) is 11.6. The fraction of sp³-hybridized carbons (Fsp3) is 0.263. The Morgan fingerprint density at radius 3 is 2.71 bits per heavy atom. The Balaban J connectivity index is 1.78. The Morgan fingerprint density at radius 2 is 2.00 bits per heavy atom. The highest BCUT2D eigenvalue weighted by atomic mass is 16.5. The van der Waals surface area contributed by atoms with Crippen molar-refractivity contribution in [1.82, 2.24) is 5.32 Å². The summed E-state index contributed by atoms with van der Waals surface area (Å²) >= 11 is 0. The summed E-state index contributed by atoms with van der Waals surface area (Å²) < 4.78 is 5.54. The van der Waals surface area contributed by atoms with Crippen molar-refractivity contribution < 1.29 is 14.6 Å². The van der Waals surface area contributed by atoms with Crippen molar-refractivity contribution in [3.8, 4) is 11.8 Å². The molecule has 124 valence electrons. The van der Waals surface area contributed by atoms with Crippen LogP contribution in [0.15, 0.2) is 54.6 Å². The number of carbonyl (C=O) groups is 1. The Labute approximate surface area is 141 Å². The van der Waals surface area contributed by atoms with Gasteiger partial charge >= 0.3 is 0 Å². The van der Waals surface area contributed by atoms with E-state index in [1.807, 2.05) is 36.4 Å². The summed E-state index contributed by atoms with van der Waals surface area (Å²) in [4.78, 5) is 12.0. The van der Waals surface area contributed by atoms with Crippen molar-refractivity contribution in [2.24, 2.45) is 0 Å². The SMILES string of the molecule is CC(Oc1cccc(C#N)c1)C(=O)NCCC(O)c1ccccc1. The van der Waals surface area contributed by atoms with Crippen molar-refractivity contribution in [3.05, 3.63) is 65.7 Å². The minimum absolute atomic E-state index is 0.266. The molecule has 5 heteroatoms. The van der Waals surface area contributed by atoms with Gasteiger partial charge in [0.2, 0.25) is 0 Å². The van der Waals surface area contributed by atoms with Gasteiger partial charge in [-0.05, 0) is 37.1 Å². The van der Waals surface area contributed by atoms with Gasteiger partial charge in [-0.2, -0.15) is 5.26 Å². The third kappa shape index (κ3) is 5.11. The lowest BCUT2D eigenvalue weighted by Crippen LogP contribution is -2.37. The number of hydrogen-bond donors (Lipinski definition) is 2. The van der Waals surface area contributed by atoms with E-state index >= 15 is 0 Å². The summed E-state index contributed by atoms with van der Waals surface area (Å²) in [6, 6.07) is 18.0. The van der Waals surface area contributed by atoms with Gasteiger partial charge in [-0.15, -0.1) is 0 Å². The first-order valence-corrected chi connectivity index (χ1v) is 7.77. The maximum absolute atomic E-state index is 12.0. The van der Waals surface area contributed by atoms with E-state index in [1.165, 1.54) is 0 Å². The van der Waals surface area contributed by atoms with Gasteiger partial charge in [0, 0.05) is 6.54 Å². The molecule has 0 spiro atoms. The normalized spacial score (nSPS) is 12.7. The maximum atomic E-state index is 12.0. The van der Waals surface area contributed by atoms with Crippen LogP contribution in [0.4, 0.5) is 0 Å². The van der Waals surface area contributed by atoms with Gasteiger partial charge in [0.1, 0.15) is 5.75 Å². The lowest BCUT2D eigenvalue weighted by molar-refractivity contribution is -0.127. The highest BCUT2D eigenvalue weighted by Crippen LogP contribution is 2.16. The van der Waals surface area contributed by atoms with E-state index in [1.54, 1.807) is 31.2 Å². The van der Waals surface area contributed by atoms with E-state index in [0.717, 1.165) is 5.56 Å². The number of rotatable bonds is 7. The van der Waals surface area contributed by atoms with Crippen LogP contribution in [0.5, 0.6) is 5.75 Å². The van der Waals surface area contributed by atoms with Crippen molar-refractivity contribution in [3.63, 3.8) is 0 Å². The summed E-state index contributed by atoms with van der Waals surface area (Å²) in [5.74, 6) is 0.207. The molecule has 2 rings (SSSR count). The van der Waals surface area contributed by atoms with Crippen molar-refractivity contribution in [1.29, 1.82) is 5.26 Å². The number of aliphatic hydroxyl groups excluding tert-OH is 1. The molecule has 2 N–H and O–H groups in total. The molecule has 0 fully saturated rings. The predicted molar refractivity (Wildman–Crippen MR) is 90.3 cm³/mol. The molecule has 0 aromatic heterocycles. The second-order valence-electron chi connectivity index (χ2n) is 5.41. The highest BCUT2D eigenvalue weighted by molar-refractivity contribution is 5.80. The molecule has 0 aliphatic heterocycles. The molecule has 24 heavy (non-hydrogen) atoms. The summed E-state index contributed by atoms with van der Waals surface area (Å²) in [6.45, 7) is 1.99. The van der Waals surface area contributed by atoms with Crippen LogP contribution in [0.1, 0.15) is 30.6 Å². The summed E-state index contributed by atoms with van der Waals surface area (Å²) in [5, 5.41) is 21.7. The molecule has 0 radical (unpaired) electrons. The van der Waals surface area contributed by atoms with E-state index < -0.39 is 12.2 Å². The van der Waals surface area contributed by atoms with Crippen molar-refractivity contribution in [2.45, 2.75) is 25.6 Å². The fourth-order valence-electron chi connectivity index (χ4n) is 2.21. The Bertz CT molecular complexity index is 710. The third-order valence-electron chi connectivity index (χ3n) is 3.55. The van der Waals surface area contributed by atoms with E-state index in [0.29, 0.717) is 24.3 Å². The molecule has 1 amide bonds. The summed E-state index contributed by atoms with van der Waals surface area (Å²) in [5.41, 5.74) is 1.30. The predicted octanol–water partition coefficient (Wildman–Crippen LogP) is 2.57. The van der Waals surface area contributed by atoms with Crippen molar-refractivity contribution >= 4 is 5.91 Å². The smallest absolute Gasteiger partial charge is 0.260 e. The topological polar surface area (TPSA) is 82.3 Å². The number of hydrogen-bond acceptors (Lipinski definition) is 4. The third-order valence-corrected chi connectivity index (χ3v) is 3.55. The average Bonchev–Trinajstić information content (AvgIpc) is 2.62. The molecule has 2 aromatic carbocycles. The number of nitrogens with one attached hydrogen (secondary N) is 1. The Hall–Kier alpha value is -2.84. The minimum atomic E-state index is -0.687. The fourth-order valence-corrected chi connectivity index (χ4v) is 2.21. The zero-order valence-corrected chi connectivity index (χ0v) is 13.5. The molecule has 5 nitrogen and oxygen atoms in total. The van der Waals surface area contributed by atoms with Gasteiger partial charge in [-0.1, -0.05) is 36.4 Å². The molecule has 2 unspecified atom stereocenters. The monoisotopic (exact) mass is 324 g/mol. The molecule has 0 saturated carbocycles. The molecule has 2 atom stereocenters. The van der Waals surface area contributed by atoms with E-state index in [4.69, 9.17) is 10.00 Å². The molecule has 0 aliphatic rings. The zero-order chi connectivity index (χ0) is 17.4. The van der Waals surface area contributed by atoms with E-state index in [9.17, 15) is 9.90 Å². The van der Waals surface area contributed by atoms with Gasteiger partial charge in [0.15, 0.2) is 6.10 Å². The van der Waals surface area contributed by atoms with Crippen molar-refractivity contribution in [2.75, 3.05) is 6.54 Å². The molecule has 0 aliphatic carbocycles. The number of benzene rings is 2. The number of carbonyl (C=O) groups excluding carboxylic acids is 1. The van der Waals surface area contributed by atoms with Gasteiger partial charge in [-0.3, -0.25) is 4.79 Å². The van der Waals surface area contributed by atoms with Crippen LogP contribution in [-0.4, -0.2) is 23.7 Å². The summed E-state index contributed by atoms with van der Waals surface area (Å²) in [7, 11) is 0. The second-order valence-corrected chi connectivity index (χ2v) is 5.41. The summed E-state index contributed by atoms with van der Waals surface area (Å²) in [6.07, 6.45) is -0.880. The Morgan fingerprint density at radius 1 is 1.25 bits per heavy atom. The zero-order valence-electron chi connectivity index (χ0n) is 13.5. The number of aliphatic hydroxyl groups is 1. The largest absolute Gasteiger partial charge is 0.481 e. The first kappa shape index (κ1) is 17.5. The van der Waals surface area contributed by atoms with Crippen LogP contribution in [0.25, 0.3) is 0 Å². The van der Waals surface area contributed by atoms with Gasteiger partial charge in [-0.25, -0.2) is 0 Å². The van der Waals surface area contributed by atoms with Crippen LogP contribution < -0.4 is 10.1 Å². The second kappa shape index (κ2) is 8.70. The van der Waals surface area contributed by atoms with Crippen LogP contribution >= 0.6 is 0 Å². The Kier molecular flexibility index (Phi) is 6.35. The van der Waals surface area contributed by atoms with Crippen LogP contribution in [0.3, 0.4) is 0 Å². The number of amides is 1. The molecule has 2 aromatic rings. The van der Waals surface area contributed by atoms with Gasteiger partial charge in [0.25, 0.3) is 5.91 Å². The highest BCUT2D eigenvalue weighted by Gasteiger charge is 2.15. The minimum Gasteiger partial charge on any atom is -0.481 e. The average molecular weight is 324 g/mol. The first-order valence-electron chi connectivity index (χ1n) is 7.77. The molecule has 0 bridgehead atoms. The van der Waals surface area contributed by atoms with E-state index in [-0.39, 0.29) is 5.91 Å². The van der Waals surface area contributed by atoms with Crippen LogP contribution in [0.2, 0.25) is 0 Å². The lowest BCUT2D eigenvalue weighted by Gasteiger charge is -2.16. The molecular weight excluding hydrogens is 304 g/mol. The maximum Gasteiger partial charge on any atom is 0.260 e. The molecule has 0 saturated heterocycles. The van der Waals surface area contributed by atoms with Crippen LogP contribution in [0, 0.1) is 11.3 Å². The van der Waals surface area contributed by atoms with Gasteiger partial charge < -0.3 is 15.2 Å². The van der Waals surface area contributed by atoms with Gasteiger partial charge in [0.05, 0.1) is 17.7 Å². The number of nitrogens with zero attached hydrogens (tertiary/aromatic N) is 1. The number of nitriles is 1. The molecular formula is C19H20N2O3. The quantitative estimate of drug-likeness (QED) is 0.820. The lowest BCUT2D eigenvalue weighted by atomic mass is 10.1. The van der Waals surface area contributed by atoms with E-state index in [2.05, 4.69) is 5.32 Å².